The predicted octanol–water partition coefficient (Wildman–Crippen LogP) is 2.21. The minimum absolute atomic E-state index is 0.0393. The molecule has 0 saturated heterocycles. The molecule has 0 aromatic heterocycles. The fraction of sp³-hybridized carbons (Fsp3) is 0.889. The molecule has 0 amide bonds. The highest BCUT2D eigenvalue weighted by Crippen LogP contribution is 2.10. The van der Waals surface area contributed by atoms with Crippen LogP contribution in [0, 0.1) is 23.2 Å². The molecule has 0 heterocycles. The summed E-state index contributed by atoms with van der Waals surface area (Å²) in [5, 5.41) is 8.68. The lowest BCUT2D eigenvalue weighted by atomic mass is 9.99. The summed E-state index contributed by atoms with van der Waals surface area (Å²) in [6.07, 6.45) is 0.226. The molecular weight excluding hydrogens is 138 g/mol. The van der Waals surface area contributed by atoms with Crippen LogP contribution in [0.5, 0.6) is 0 Å². The number of rotatable bonds is 4. The molecule has 0 aromatic carbocycles. The van der Waals surface area contributed by atoms with Gasteiger partial charge in [0.2, 0.25) is 0 Å². The van der Waals surface area contributed by atoms with E-state index in [-0.39, 0.29) is 12.0 Å². The van der Waals surface area contributed by atoms with E-state index >= 15 is 0 Å². The van der Waals surface area contributed by atoms with Gasteiger partial charge in [0, 0.05) is 0 Å². The summed E-state index contributed by atoms with van der Waals surface area (Å²) in [6.45, 7) is 8.60. The first-order chi connectivity index (χ1) is 5.07. The molecule has 0 aliphatic heterocycles. The lowest BCUT2D eigenvalue weighted by molar-refractivity contribution is 0.0535. The zero-order valence-corrected chi connectivity index (χ0v) is 7.79. The van der Waals surface area contributed by atoms with E-state index in [2.05, 4.69) is 6.07 Å². The Labute approximate surface area is 69.2 Å². The van der Waals surface area contributed by atoms with Crippen LogP contribution in [0.1, 0.15) is 27.7 Å². The fourth-order valence-electron chi connectivity index (χ4n) is 0.675. The first-order valence-electron chi connectivity index (χ1n) is 4.09. The number of nitriles is 1. The first kappa shape index (κ1) is 10.4. The van der Waals surface area contributed by atoms with Crippen molar-refractivity contribution in [2.45, 2.75) is 33.8 Å². The normalized spacial score (nSPS) is 13.5. The average Bonchev–Trinajstić information content (AvgIpc) is 1.87. The lowest BCUT2D eigenvalue weighted by Crippen LogP contribution is -2.16. The molecule has 1 atom stereocenters. The van der Waals surface area contributed by atoms with Crippen LogP contribution in [0.25, 0.3) is 0 Å². The van der Waals surface area contributed by atoms with Crippen LogP contribution in [0.4, 0.5) is 0 Å². The van der Waals surface area contributed by atoms with Gasteiger partial charge in [-0.25, -0.2) is 0 Å². The van der Waals surface area contributed by atoms with Gasteiger partial charge >= 0.3 is 0 Å². The van der Waals surface area contributed by atoms with Crippen LogP contribution in [-0.2, 0) is 4.74 Å². The van der Waals surface area contributed by atoms with Crippen LogP contribution in [0.15, 0.2) is 0 Å². The summed E-state index contributed by atoms with van der Waals surface area (Å²) in [5.41, 5.74) is 0. The Morgan fingerprint density at radius 3 is 2.09 bits per heavy atom. The maximum atomic E-state index is 8.68. The Bertz CT molecular complexity index is 135. The van der Waals surface area contributed by atoms with E-state index in [0.29, 0.717) is 12.5 Å². The highest BCUT2D eigenvalue weighted by atomic mass is 16.5. The van der Waals surface area contributed by atoms with Crippen LogP contribution >= 0.6 is 0 Å². The Morgan fingerprint density at radius 1 is 1.27 bits per heavy atom. The molecule has 0 saturated carbocycles. The summed E-state index contributed by atoms with van der Waals surface area (Å²) in [5.74, 6) is 0.427. The molecule has 2 heteroatoms. The van der Waals surface area contributed by atoms with Gasteiger partial charge < -0.3 is 4.74 Å². The number of nitrogens with zero attached hydrogens (tertiary/aromatic N) is 1. The Hall–Kier alpha value is -0.550. The van der Waals surface area contributed by atoms with E-state index in [1.807, 2.05) is 27.7 Å². The molecule has 0 radical (unpaired) electrons. The minimum atomic E-state index is 0.0393. The van der Waals surface area contributed by atoms with E-state index in [0.717, 1.165) is 0 Å². The highest BCUT2D eigenvalue weighted by Gasteiger charge is 2.12. The largest absolute Gasteiger partial charge is 0.377 e. The molecule has 0 aliphatic carbocycles. The molecule has 0 aromatic rings. The maximum Gasteiger partial charge on any atom is 0.0720 e. The van der Waals surface area contributed by atoms with Crippen LogP contribution in [0.2, 0.25) is 0 Å². The molecular formula is C9H17NO. The molecule has 11 heavy (non-hydrogen) atoms. The highest BCUT2D eigenvalue weighted by molar-refractivity contribution is 4.84. The molecule has 0 N–H and O–H groups in total. The standard InChI is InChI=1S/C9H17NO/c1-7(2)9(5-10)6-11-8(3)4/h7-9H,6H2,1-4H3. The second-order valence-electron chi connectivity index (χ2n) is 3.36. The number of ether oxygens (including phenoxy) is 1. The van der Waals surface area contributed by atoms with Gasteiger partial charge in [0.1, 0.15) is 0 Å². The van der Waals surface area contributed by atoms with E-state index in [9.17, 15) is 0 Å². The van der Waals surface area contributed by atoms with Crippen LogP contribution < -0.4 is 0 Å². The van der Waals surface area contributed by atoms with Crippen molar-refractivity contribution in [1.82, 2.24) is 0 Å². The smallest absolute Gasteiger partial charge is 0.0720 e. The van der Waals surface area contributed by atoms with Crippen molar-refractivity contribution in [3.8, 4) is 6.07 Å². The van der Waals surface area contributed by atoms with E-state index in [4.69, 9.17) is 10.00 Å². The summed E-state index contributed by atoms with van der Waals surface area (Å²) in [7, 11) is 0. The van der Waals surface area contributed by atoms with Crippen LogP contribution in [0.3, 0.4) is 0 Å². The van der Waals surface area contributed by atoms with Crippen molar-refractivity contribution in [2.75, 3.05) is 6.61 Å². The van der Waals surface area contributed by atoms with Crippen LogP contribution in [-0.4, -0.2) is 12.7 Å². The average molecular weight is 155 g/mol. The molecule has 0 fully saturated rings. The van der Waals surface area contributed by atoms with E-state index in [1.165, 1.54) is 0 Å². The van der Waals surface area contributed by atoms with Crippen molar-refractivity contribution >= 4 is 0 Å². The molecule has 0 spiro atoms. The number of hydrogen-bond donors (Lipinski definition) is 0. The quantitative estimate of drug-likeness (QED) is 0.623. The van der Waals surface area contributed by atoms with E-state index < -0.39 is 0 Å². The Morgan fingerprint density at radius 2 is 1.82 bits per heavy atom. The second-order valence-corrected chi connectivity index (χ2v) is 3.36. The molecule has 64 valence electrons. The summed E-state index contributed by atoms with van der Waals surface area (Å²) in [4.78, 5) is 0. The van der Waals surface area contributed by atoms with Gasteiger partial charge in [-0.15, -0.1) is 0 Å². The van der Waals surface area contributed by atoms with Crippen molar-refractivity contribution in [1.29, 1.82) is 5.26 Å². The van der Waals surface area contributed by atoms with Gasteiger partial charge in [-0.2, -0.15) is 5.26 Å². The van der Waals surface area contributed by atoms with Crippen molar-refractivity contribution in [2.24, 2.45) is 11.8 Å². The molecule has 1 unspecified atom stereocenters. The van der Waals surface area contributed by atoms with Gasteiger partial charge in [0.25, 0.3) is 0 Å². The Kier molecular flexibility index (Phi) is 4.89. The SMILES string of the molecule is CC(C)OCC(C#N)C(C)C. The minimum Gasteiger partial charge on any atom is -0.377 e. The fourth-order valence-corrected chi connectivity index (χ4v) is 0.675. The molecule has 2 nitrogen and oxygen atoms in total. The molecule has 0 bridgehead atoms. The summed E-state index contributed by atoms with van der Waals surface area (Å²) < 4.78 is 5.33. The third-order valence-electron chi connectivity index (χ3n) is 1.58. The number of hydrogen-bond acceptors (Lipinski definition) is 2. The van der Waals surface area contributed by atoms with Crippen molar-refractivity contribution in [3.63, 3.8) is 0 Å². The topological polar surface area (TPSA) is 33.0 Å². The van der Waals surface area contributed by atoms with Gasteiger partial charge in [-0.3, -0.25) is 0 Å². The summed E-state index contributed by atoms with van der Waals surface area (Å²) in [6, 6.07) is 2.23. The van der Waals surface area contributed by atoms with Gasteiger partial charge in [-0.05, 0) is 19.8 Å². The van der Waals surface area contributed by atoms with Crippen molar-refractivity contribution < 1.29 is 4.74 Å². The molecule has 0 rings (SSSR count). The van der Waals surface area contributed by atoms with Crippen molar-refractivity contribution in [3.05, 3.63) is 0 Å². The summed E-state index contributed by atoms with van der Waals surface area (Å²) >= 11 is 0. The second kappa shape index (κ2) is 5.15. The van der Waals surface area contributed by atoms with E-state index in [1.54, 1.807) is 0 Å². The predicted molar refractivity (Wildman–Crippen MR) is 45.0 cm³/mol. The monoisotopic (exact) mass is 155 g/mol. The maximum absolute atomic E-state index is 8.68. The van der Waals surface area contributed by atoms with Gasteiger partial charge in [0.05, 0.1) is 24.7 Å². The van der Waals surface area contributed by atoms with Gasteiger partial charge in [0.15, 0.2) is 0 Å². The zero-order valence-electron chi connectivity index (χ0n) is 7.79. The third kappa shape index (κ3) is 4.80. The third-order valence-corrected chi connectivity index (χ3v) is 1.58. The van der Waals surface area contributed by atoms with Gasteiger partial charge in [-0.1, -0.05) is 13.8 Å². The Balaban J connectivity index is 3.64. The molecule has 0 aliphatic rings. The zero-order chi connectivity index (χ0) is 8.85. The lowest BCUT2D eigenvalue weighted by Gasteiger charge is -2.14. The first-order valence-corrected chi connectivity index (χ1v) is 4.09.